The van der Waals surface area contributed by atoms with Crippen molar-refractivity contribution in [2.75, 3.05) is 13.1 Å². The molecule has 0 aliphatic carbocycles. The van der Waals surface area contributed by atoms with E-state index in [9.17, 15) is 8.42 Å². The van der Waals surface area contributed by atoms with E-state index in [-0.39, 0.29) is 0 Å². The summed E-state index contributed by atoms with van der Waals surface area (Å²) in [6, 6.07) is 6.87. The van der Waals surface area contributed by atoms with Gasteiger partial charge < -0.3 is 0 Å². The number of sulfonamides is 1. The molecular weight excluding hydrogens is 294 g/mol. The van der Waals surface area contributed by atoms with Gasteiger partial charge in [0.25, 0.3) is 0 Å². The van der Waals surface area contributed by atoms with Gasteiger partial charge in [0.1, 0.15) is 0 Å². The molecule has 0 saturated carbocycles. The van der Waals surface area contributed by atoms with Crippen LogP contribution in [0.5, 0.6) is 0 Å². The number of hydrogen-bond donors (Lipinski definition) is 0. The Morgan fingerprint density at radius 1 is 1.18 bits per heavy atom. The molecule has 1 aromatic rings. The van der Waals surface area contributed by atoms with Gasteiger partial charge in [-0.1, -0.05) is 66.8 Å². The molecule has 0 radical (unpaired) electrons. The number of benzene rings is 1. The SMILES string of the molecule is C=C/C=C/CN(C/C=C/C(=C)C)S(=O)(=O)c1ccc(C)cc1. The number of allylic oxidation sites excluding steroid dienone is 4. The third kappa shape index (κ3) is 5.47. The molecule has 0 heterocycles. The maximum Gasteiger partial charge on any atom is 0.243 e. The Labute approximate surface area is 134 Å². The average molecular weight is 317 g/mol. The van der Waals surface area contributed by atoms with E-state index in [2.05, 4.69) is 13.2 Å². The molecule has 0 saturated heterocycles. The Morgan fingerprint density at radius 2 is 1.77 bits per heavy atom. The van der Waals surface area contributed by atoms with Crippen molar-refractivity contribution in [1.82, 2.24) is 4.31 Å². The summed E-state index contributed by atoms with van der Waals surface area (Å²) >= 11 is 0. The smallest absolute Gasteiger partial charge is 0.207 e. The topological polar surface area (TPSA) is 37.4 Å². The van der Waals surface area contributed by atoms with Crippen molar-refractivity contribution < 1.29 is 8.42 Å². The Kier molecular flexibility index (Phi) is 7.02. The van der Waals surface area contributed by atoms with Crippen molar-refractivity contribution in [3.8, 4) is 0 Å². The first kappa shape index (κ1) is 18.1. The number of aryl methyl sites for hydroxylation is 1. The van der Waals surface area contributed by atoms with Gasteiger partial charge in [0.05, 0.1) is 4.90 Å². The Balaban J connectivity index is 3.05. The minimum Gasteiger partial charge on any atom is -0.207 e. The fraction of sp³-hybridized carbons (Fsp3) is 0.222. The monoisotopic (exact) mass is 317 g/mol. The van der Waals surface area contributed by atoms with Crippen molar-refractivity contribution in [3.63, 3.8) is 0 Å². The van der Waals surface area contributed by atoms with Crippen molar-refractivity contribution in [3.05, 3.63) is 78.9 Å². The van der Waals surface area contributed by atoms with Gasteiger partial charge in [0.15, 0.2) is 0 Å². The predicted molar refractivity (Wildman–Crippen MR) is 93.2 cm³/mol. The summed E-state index contributed by atoms with van der Waals surface area (Å²) in [5, 5.41) is 0. The first-order chi connectivity index (χ1) is 10.4. The maximum atomic E-state index is 12.7. The Bertz CT molecular complexity index is 668. The molecular formula is C18H23NO2S. The van der Waals surface area contributed by atoms with Crippen LogP contribution in [0.25, 0.3) is 0 Å². The fourth-order valence-electron chi connectivity index (χ4n) is 1.78. The molecule has 1 rings (SSSR count). The van der Waals surface area contributed by atoms with Gasteiger partial charge >= 0.3 is 0 Å². The van der Waals surface area contributed by atoms with E-state index in [0.717, 1.165) is 11.1 Å². The van der Waals surface area contributed by atoms with Crippen molar-refractivity contribution in [1.29, 1.82) is 0 Å². The van der Waals surface area contributed by atoms with E-state index in [4.69, 9.17) is 0 Å². The van der Waals surface area contributed by atoms with Crippen molar-refractivity contribution >= 4 is 10.0 Å². The second-order valence-electron chi connectivity index (χ2n) is 5.05. The standard InChI is InChI=1S/C18H23NO2S/c1-5-6-7-14-19(15-8-9-16(2)3)22(20,21)18-12-10-17(4)11-13-18/h5-13H,1-2,14-15H2,3-4H3/b7-6+,9-8+. The number of hydrogen-bond acceptors (Lipinski definition) is 2. The van der Waals surface area contributed by atoms with Crippen LogP contribution in [0.15, 0.2) is 78.3 Å². The van der Waals surface area contributed by atoms with Crippen LogP contribution in [0.2, 0.25) is 0 Å². The van der Waals surface area contributed by atoms with E-state index >= 15 is 0 Å². The first-order valence-electron chi connectivity index (χ1n) is 7.04. The van der Waals surface area contributed by atoms with Crippen LogP contribution < -0.4 is 0 Å². The zero-order chi connectivity index (χ0) is 16.6. The second-order valence-corrected chi connectivity index (χ2v) is 6.99. The summed E-state index contributed by atoms with van der Waals surface area (Å²) in [6.07, 6.45) is 8.75. The largest absolute Gasteiger partial charge is 0.243 e. The highest BCUT2D eigenvalue weighted by Crippen LogP contribution is 2.16. The quantitative estimate of drug-likeness (QED) is 0.683. The molecule has 0 aliphatic heterocycles. The molecule has 0 fully saturated rings. The van der Waals surface area contributed by atoms with Crippen molar-refractivity contribution in [2.45, 2.75) is 18.7 Å². The van der Waals surface area contributed by atoms with E-state index < -0.39 is 10.0 Å². The highest BCUT2D eigenvalue weighted by Gasteiger charge is 2.22. The summed E-state index contributed by atoms with van der Waals surface area (Å²) in [7, 11) is -3.53. The lowest BCUT2D eigenvalue weighted by molar-refractivity contribution is 0.473. The van der Waals surface area contributed by atoms with Crippen molar-refractivity contribution in [2.24, 2.45) is 0 Å². The summed E-state index contributed by atoms with van der Waals surface area (Å²) in [5.74, 6) is 0. The Morgan fingerprint density at radius 3 is 2.32 bits per heavy atom. The molecule has 0 bridgehead atoms. The molecule has 0 aromatic heterocycles. The minimum atomic E-state index is -3.53. The van der Waals surface area contributed by atoms with Crippen LogP contribution in [0, 0.1) is 6.92 Å². The minimum absolute atomic E-state index is 0.294. The van der Waals surface area contributed by atoms with Crippen LogP contribution in [0.3, 0.4) is 0 Å². The first-order valence-corrected chi connectivity index (χ1v) is 8.48. The normalized spacial score (nSPS) is 12.3. The molecule has 0 spiro atoms. The van der Waals surface area contributed by atoms with Crippen LogP contribution >= 0.6 is 0 Å². The zero-order valence-corrected chi connectivity index (χ0v) is 14.0. The van der Waals surface area contributed by atoms with Gasteiger partial charge in [-0.05, 0) is 26.0 Å². The second kappa shape index (κ2) is 8.51. The summed E-state index contributed by atoms with van der Waals surface area (Å²) in [6.45, 7) is 11.8. The summed E-state index contributed by atoms with van der Waals surface area (Å²) < 4.78 is 26.9. The van der Waals surface area contributed by atoms with Crippen LogP contribution in [0.4, 0.5) is 0 Å². The molecule has 0 N–H and O–H groups in total. The lowest BCUT2D eigenvalue weighted by Crippen LogP contribution is -2.31. The fourth-order valence-corrected chi connectivity index (χ4v) is 3.12. The van der Waals surface area contributed by atoms with Gasteiger partial charge in [0.2, 0.25) is 10.0 Å². The van der Waals surface area contributed by atoms with E-state index in [1.807, 2.05) is 19.9 Å². The molecule has 0 unspecified atom stereocenters. The molecule has 4 heteroatoms. The van der Waals surface area contributed by atoms with Crippen LogP contribution in [-0.4, -0.2) is 25.8 Å². The summed E-state index contributed by atoms with van der Waals surface area (Å²) in [4.78, 5) is 0.300. The zero-order valence-electron chi connectivity index (χ0n) is 13.2. The van der Waals surface area contributed by atoms with Gasteiger partial charge in [-0.2, -0.15) is 4.31 Å². The molecule has 1 aromatic carbocycles. The third-order valence-electron chi connectivity index (χ3n) is 2.95. The maximum absolute atomic E-state index is 12.7. The van der Waals surface area contributed by atoms with Gasteiger partial charge in [-0.15, -0.1) is 0 Å². The van der Waals surface area contributed by atoms with Gasteiger partial charge in [0, 0.05) is 13.1 Å². The van der Waals surface area contributed by atoms with E-state index in [1.165, 1.54) is 4.31 Å². The highest BCUT2D eigenvalue weighted by molar-refractivity contribution is 7.89. The average Bonchev–Trinajstić information content (AvgIpc) is 2.46. The van der Waals surface area contributed by atoms with Crippen LogP contribution in [-0.2, 0) is 10.0 Å². The lowest BCUT2D eigenvalue weighted by Gasteiger charge is -2.19. The van der Waals surface area contributed by atoms with Crippen LogP contribution in [0.1, 0.15) is 12.5 Å². The highest BCUT2D eigenvalue weighted by atomic mass is 32.2. The van der Waals surface area contributed by atoms with E-state index in [1.54, 1.807) is 48.6 Å². The molecule has 22 heavy (non-hydrogen) atoms. The lowest BCUT2D eigenvalue weighted by atomic mass is 10.2. The molecule has 0 amide bonds. The Hall–Kier alpha value is -1.91. The number of nitrogens with zero attached hydrogens (tertiary/aromatic N) is 1. The molecule has 118 valence electrons. The molecule has 3 nitrogen and oxygen atoms in total. The predicted octanol–water partition coefficient (Wildman–Crippen LogP) is 3.86. The number of rotatable bonds is 8. The van der Waals surface area contributed by atoms with E-state index in [0.29, 0.717) is 18.0 Å². The molecule has 0 aliphatic rings. The third-order valence-corrected chi connectivity index (χ3v) is 4.80. The van der Waals surface area contributed by atoms with Gasteiger partial charge in [-0.25, -0.2) is 8.42 Å². The molecule has 0 atom stereocenters. The van der Waals surface area contributed by atoms with Gasteiger partial charge in [-0.3, -0.25) is 0 Å². The summed E-state index contributed by atoms with van der Waals surface area (Å²) in [5.41, 5.74) is 1.91.